The van der Waals surface area contributed by atoms with E-state index in [4.69, 9.17) is 9.72 Å². The van der Waals surface area contributed by atoms with Crippen molar-refractivity contribution in [2.24, 2.45) is 5.92 Å². The first kappa shape index (κ1) is 19.6. The lowest BCUT2D eigenvalue weighted by atomic mass is 10.1. The number of benzene rings is 3. The Labute approximate surface area is 182 Å². The fourth-order valence-electron chi connectivity index (χ4n) is 4.13. The van der Waals surface area contributed by atoms with Gasteiger partial charge in [0.05, 0.1) is 23.7 Å². The molecule has 1 heterocycles. The van der Waals surface area contributed by atoms with Crippen LogP contribution in [0.1, 0.15) is 38.1 Å². The lowest BCUT2D eigenvalue weighted by molar-refractivity contribution is -0.123. The number of aromatic nitrogens is 2. The van der Waals surface area contributed by atoms with Gasteiger partial charge < -0.3 is 14.6 Å². The lowest BCUT2D eigenvalue weighted by Crippen LogP contribution is -2.30. The first-order valence-corrected chi connectivity index (χ1v) is 11.1. The predicted molar refractivity (Wildman–Crippen MR) is 123 cm³/mol. The number of aryl methyl sites for hydroxylation is 1. The van der Waals surface area contributed by atoms with Crippen molar-refractivity contribution in [3.05, 3.63) is 72.6 Å². The summed E-state index contributed by atoms with van der Waals surface area (Å²) in [6, 6.07) is 22.5. The maximum Gasteiger partial charge on any atom is 0.223 e. The van der Waals surface area contributed by atoms with E-state index in [1.54, 1.807) is 0 Å². The number of nitrogens with one attached hydrogen (secondary N) is 1. The van der Waals surface area contributed by atoms with Crippen LogP contribution < -0.4 is 10.1 Å². The summed E-state index contributed by atoms with van der Waals surface area (Å²) in [7, 11) is 0. The highest BCUT2D eigenvalue weighted by Gasteiger charge is 2.31. The van der Waals surface area contributed by atoms with Crippen LogP contribution in [-0.4, -0.2) is 22.1 Å². The van der Waals surface area contributed by atoms with Crippen molar-refractivity contribution in [3.8, 4) is 5.75 Å². The molecule has 0 radical (unpaired) electrons. The Morgan fingerprint density at radius 3 is 2.74 bits per heavy atom. The maximum atomic E-state index is 12.3. The van der Waals surface area contributed by atoms with E-state index in [0.717, 1.165) is 53.8 Å². The molecule has 5 heteroatoms. The second kappa shape index (κ2) is 8.42. The van der Waals surface area contributed by atoms with Gasteiger partial charge in [0.2, 0.25) is 5.91 Å². The van der Waals surface area contributed by atoms with Gasteiger partial charge in [0.1, 0.15) is 11.6 Å². The van der Waals surface area contributed by atoms with Gasteiger partial charge in [-0.25, -0.2) is 4.98 Å². The van der Waals surface area contributed by atoms with Gasteiger partial charge in [-0.2, -0.15) is 0 Å². The molecule has 1 amide bonds. The molecule has 1 aromatic heterocycles. The number of fused-ring (bicyclic) bond motifs is 2. The number of carbonyl (C=O) groups excluding carboxylic acids is 1. The molecule has 1 atom stereocenters. The molecule has 1 aliphatic carbocycles. The second-order valence-electron chi connectivity index (χ2n) is 8.29. The monoisotopic (exact) mass is 413 g/mol. The molecular weight excluding hydrogens is 386 g/mol. The largest absolute Gasteiger partial charge is 0.493 e. The molecule has 3 aromatic carbocycles. The average molecular weight is 414 g/mol. The van der Waals surface area contributed by atoms with Crippen LogP contribution in [0.2, 0.25) is 0 Å². The van der Waals surface area contributed by atoms with E-state index in [1.165, 1.54) is 5.39 Å². The number of imidazole rings is 1. The minimum absolute atomic E-state index is 0.125. The van der Waals surface area contributed by atoms with Crippen LogP contribution in [0.3, 0.4) is 0 Å². The molecule has 31 heavy (non-hydrogen) atoms. The third-order valence-corrected chi connectivity index (χ3v) is 5.91. The zero-order valence-electron chi connectivity index (χ0n) is 17.8. The first-order chi connectivity index (χ1) is 15.2. The van der Waals surface area contributed by atoms with Gasteiger partial charge >= 0.3 is 0 Å². The van der Waals surface area contributed by atoms with Crippen LogP contribution in [-0.2, 0) is 11.3 Å². The number of ether oxygens (including phenoxy) is 1. The molecule has 0 saturated heterocycles. The van der Waals surface area contributed by atoms with Crippen LogP contribution in [0.5, 0.6) is 5.75 Å². The molecule has 0 bridgehead atoms. The Morgan fingerprint density at radius 2 is 1.87 bits per heavy atom. The fraction of sp³-hybridized carbons (Fsp3) is 0.308. The van der Waals surface area contributed by atoms with Gasteiger partial charge in [0.25, 0.3) is 0 Å². The van der Waals surface area contributed by atoms with Crippen LogP contribution in [0.25, 0.3) is 21.8 Å². The minimum Gasteiger partial charge on any atom is -0.493 e. The molecule has 1 aliphatic rings. The van der Waals surface area contributed by atoms with Gasteiger partial charge in [0, 0.05) is 17.8 Å². The number of nitrogens with zero attached hydrogens (tertiary/aromatic N) is 2. The summed E-state index contributed by atoms with van der Waals surface area (Å²) in [5.41, 5.74) is 2.05. The molecule has 5 rings (SSSR count). The van der Waals surface area contributed by atoms with Crippen molar-refractivity contribution in [1.82, 2.24) is 14.9 Å². The predicted octanol–water partition coefficient (Wildman–Crippen LogP) is 5.25. The van der Waals surface area contributed by atoms with Crippen molar-refractivity contribution in [2.45, 2.75) is 38.8 Å². The second-order valence-corrected chi connectivity index (χ2v) is 8.29. The van der Waals surface area contributed by atoms with Gasteiger partial charge in [-0.15, -0.1) is 0 Å². The lowest BCUT2D eigenvalue weighted by Gasteiger charge is -2.16. The number of hydrogen-bond donors (Lipinski definition) is 1. The van der Waals surface area contributed by atoms with E-state index < -0.39 is 0 Å². The molecule has 1 N–H and O–H groups in total. The van der Waals surface area contributed by atoms with Crippen LogP contribution in [0, 0.1) is 5.92 Å². The zero-order valence-corrected chi connectivity index (χ0v) is 17.8. The Bertz CT molecular complexity index is 1220. The van der Waals surface area contributed by atoms with Gasteiger partial charge in [-0.3, -0.25) is 4.79 Å². The molecule has 158 valence electrons. The topological polar surface area (TPSA) is 56.2 Å². The standard InChI is InChI=1S/C26H27N3O2/c1-18(27-26(30)20-14-15-20)25-28-22-11-4-5-12-23(22)29(25)16-7-17-31-24-13-6-9-19-8-2-3-10-21(19)24/h2-6,8-13,18,20H,7,14-17H2,1H3,(H,27,30). The van der Waals surface area contributed by atoms with E-state index in [-0.39, 0.29) is 17.9 Å². The Morgan fingerprint density at radius 1 is 1.10 bits per heavy atom. The van der Waals surface area contributed by atoms with Crippen molar-refractivity contribution in [3.63, 3.8) is 0 Å². The van der Waals surface area contributed by atoms with Crippen molar-refractivity contribution >= 4 is 27.7 Å². The third kappa shape index (κ3) is 4.13. The van der Waals surface area contributed by atoms with E-state index >= 15 is 0 Å². The number of carbonyl (C=O) groups is 1. The molecule has 0 aliphatic heterocycles. The summed E-state index contributed by atoms with van der Waals surface area (Å²) in [4.78, 5) is 17.1. The van der Waals surface area contributed by atoms with Crippen molar-refractivity contribution < 1.29 is 9.53 Å². The highest BCUT2D eigenvalue weighted by molar-refractivity contribution is 5.88. The average Bonchev–Trinajstić information content (AvgIpc) is 3.58. The van der Waals surface area contributed by atoms with Gasteiger partial charge in [-0.1, -0.05) is 48.5 Å². The van der Waals surface area contributed by atoms with E-state index in [1.807, 2.05) is 49.4 Å². The summed E-state index contributed by atoms with van der Waals surface area (Å²) >= 11 is 0. The van der Waals surface area contributed by atoms with E-state index in [2.05, 4.69) is 34.1 Å². The Balaban J connectivity index is 1.30. The highest BCUT2D eigenvalue weighted by Crippen LogP contribution is 2.30. The number of amides is 1. The van der Waals surface area contributed by atoms with Gasteiger partial charge in [-0.05, 0) is 49.8 Å². The Kier molecular flexibility index (Phi) is 5.33. The number of para-hydroxylation sites is 2. The van der Waals surface area contributed by atoms with Gasteiger partial charge in [0.15, 0.2) is 0 Å². The van der Waals surface area contributed by atoms with Crippen LogP contribution >= 0.6 is 0 Å². The van der Waals surface area contributed by atoms with Crippen molar-refractivity contribution in [1.29, 1.82) is 0 Å². The summed E-state index contributed by atoms with van der Waals surface area (Å²) in [5.74, 6) is 2.15. The smallest absolute Gasteiger partial charge is 0.223 e. The van der Waals surface area contributed by atoms with Crippen molar-refractivity contribution in [2.75, 3.05) is 6.61 Å². The van der Waals surface area contributed by atoms with E-state index in [9.17, 15) is 4.79 Å². The maximum absolute atomic E-state index is 12.3. The normalized spacial score (nSPS) is 14.6. The third-order valence-electron chi connectivity index (χ3n) is 5.91. The molecule has 4 aromatic rings. The molecule has 1 fully saturated rings. The summed E-state index contributed by atoms with van der Waals surface area (Å²) in [5, 5.41) is 5.46. The first-order valence-electron chi connectivity index (χ1n) is 11.1. The summed E-state index contributed by atoms with van der Waals surface area (Å²) < 4.78 is 8.35. The zero-order chi connectivity index (χ0) is 21.2. The van der Waals surface area contributed by atoms with Crippen LogP contribution in [0.15, 0.2) is 66.7 Å². The molecule has 0 spiro atoms. The fourth-order valence-corrected chi connectivity index (χ4v) is 4.13. The number of hydrogen-bond acceptors (Lipinski definition) is 3. The highest BCUT2D eigenvalue weighted by atomic mass is 16.5. The van der Waals surface area contributed by atoms with E-state index in [0.29, 0.717) is 6.61 Å². The molecule has 1 unspecified atom stereocenters. The minimum atomic E-state index is -0.125. The SMILES string of the molecule is CC(NC(=O)C1CC1)c1nc2ccccc2n1CCCOc1cccc2ccccc12. The quantitative estimate of drug-likeness (QED) is 0.402. The molecular formula is C26H27N3O2. The molecule has 1 saturated carbocycles. The number of rotatable bonds is 8. The summed E-state index contributed by atoms with van der Waals surface area (Å²) in [6.45, 7) is 3.41. The molecule has 5 nitrogen and oxygen atoms in total. The van der Waals surface area contributed by atoms with Crippen LogP contribution in [0.4, 0.5) is 0 Å². The summed E-state index contributed by atoms with van der Waals surface area (Å²) in [6.07, 6.45) is 2.85. The Hall–Kier alpha value is -3.34.